The van der Waals surface area contributed by atoms with Crippen molar-refractivity contribution < 1.29 is 14.5 Å². The Bertz CT molecular complexity index is 513. The molecule has 1 rings (SSSR count). The number of rotatable bonds is 8. The van der Waals surface area contributed by atoms with E-state index in [1.165, 1.54) is 17.8 Å². The Morgan fingerprint density at radius 1 is 1.57 bits per heavy atom. The zero-order valence-electron chi connectivity index (χ0n) is 11.6. The lowest BCUT2D eigenvalue weighted by atomic mass is 10.2. The molecule has 0 aliphatic carbocycles. The molecule has 21 heavy (non-hydrogen) atoms. The number of carbonyl (C=O) groups is 1. The van der Waals surface area contributed by atoms with Crippen molar-refractivity contribution in [1.82, 2.24) is 0 Å². The molecule has 0 bridgehead atoms. The van der Waals surface area contributed by atoms with Crippen LogP contribution in [0.25, 0.3) is 0 Å². The molecule has 116 valence electrons. The predicted molar refractivity (Wildman–Crippen MR) is 86.2 cm³/mol. The second-order valence-corrected chi connectivity index (χ2v) is 6.25. The summed E-state index contributed by atoms with van der Waals surface area (Å²) in [6.07, 6.45) is 0.480. The monoisotopic (exact) mass is 376 g/mol. The number of hydrogen-bond donors (Lipinski definition) is 1. The largest absolute Gasteiger partial charge is 0.465 e. The number of esters is 1. The standard InChI is InChI=1S/C13H17BrN2O4S/c1-2-20-13(17)11(15)5-6-21-8-9-3-4-10(14)7-12(9)16(18)19/h3-4,7,11H,2,5-6,8,15H2,1H3. The first-order valence-electron chi connectivity index (χ1n) is 6.38. The Labute approximate surface area is 135 Å². The number of hydrogen-bond acceptors (Lipinski definition) is 6. The number of nitrogens with zero attached hydrogens (tertiary/aromatic N) is 1. The first kappa shape index (κ1) is 17.9. The highest BCUT2D eigenvalue weighted by Gasteiger charge is 2.16. The second-order valence-electron chi connectivity index (χ2n) is 4.23. The third-order valence-electron chi connectivity index (χ3n) is 2.66. The van der Waals surface area contributed by atoms with Gasteiger partial charge in [0.15, 0.2) is 0 Å². The summed E-state index contributed by atoms with van der Waals surface area (Å²) in [4.78, 5) is 21.9. The number of benzene rings is 1. The molecule has 0 radical (unpaired) electrons. The van der Waals surface area contributed by atoms with E-state index in [0.717, 1.165) is 0 Å². The van der Waals surface area contributed by atoms with Crippen LogP contribution in [-0.4, -0.2) is 29.3 Å². The number of ether oxygens (including phenoxy) is 1. The number of nitro groups is 1. The van der Waals surface area contributed by atoms with Gasteiger partial charge in [0.1, 0.15) is 6.04 Å². The summed E-state index contributed by atoms with van der Waals surface area (Å²) in [6.45, 7) is 2.04. The van der Waals surface area contributed by atoms with Crippen LogP contribution >= 0.6 is 27.7 Å². The third kappa shape index (κ3) is 6.03. The van der Waals surface area contributed by atoms with Crippen LogP contribution in [0.1, 0.15) is 18.9 Å². The first-order valence-corrected chi connectivity index (χ1v) is 8.33. The van der Waals surface area contributed by atoms with E-state index >= 15 is 0 Å². The molecular formula is C13H17BrN2O4S. The zero-order valence-corrected chi connectivity index (χ0v) is 14.0. The van der Waals surface area contributed by atoms with E-state index in [0.29, 0.717) is 34.6 Å². The summed E-state index contributed by atoms with van der Waals surface area (Å²) in [5.41, 5.74) is 6.42. The normalized spacial score (nSPS) is 12.0. The molecule has 0 amide bonds. The van der Waals surface area contributed by atoms with Gasteiger partial charge in [0, 0.05) is 21.9 Å². The van der Waals surface area contributed by atoms with E-state index in [1.807, 2.05) is 0 Å². The summed E-state index contributed by atoms with van der Waals surface area (Å²) in [7, 11) is 0. The van der Waals surface area contributed by atoms with Crippen molar-refractivity contribution in [3.8, 4) is 0 Å². The van der Waals surface area contributed by atoms with Crippen LogP contribution in [0.3, 0.4) is 0 Å². The van der Waals surface area contributed by atoms with Gasteiger partial charge in [-0.15, -0.1) is 0 Å². The van der Waals surface area contributed by atoms with Gasteiger partial charge in [-0.05, 0) is 25.2 Å². The molecule has 8 heteroatoms. The fourth-order valence-corrected chi connectivity index (χ4v) is 2.97. The number of thioether (sulfide) groups is 1. The number of carbonyl (C=O) groups excluding carboxylic acids is 1. The van der Waals surface area contributed by atoms with Crippen molar-refractivity contribution in [2.75, 3.05) is 12.4 Å². The minimum atomic E-state index is -0.641. The highest BCUT2D eigenvalue weighted by atomic mass is 79.9. The zero-order chi connectivity index (χ0) is 15.8. The van der Waals surface area contributed by atoms with Crippen LogP contribution < -0.4 is 5.73 Å². The molecular weight excluding hydrogens is 360 g/mol. The smallest absolute Gasteiger partial charge is 0.322 e. The summed E-state index contributed by atoms with van der Waals surface area (Å²) in [5, 5.41) is 11.0. The van der Waals surface area contributed by atoms with Gasteiger partial charge in [-0.25, -0.2) is 0 Å². The first-order chi connectivity index (χ1) is 9.95. The Balaban J connectivity index is 2.46. The highest BCUT2D eigenvalue weighted by Crippen LogP contribution is 2.27. The van der Waals surface area contributed by atoms with E-state index in [2.05, 4.69) is 15.9 Å². The molecule has 0 saturated carbocycles. The van der Waals surface area contributed by atoms with Crippen LogP contribution in [0.4, 0.5) is 5.69 Å². The van der Waals surface area contributed by atoms with Crippen molar-refractivity contribution in [2.24, 2.45) is 5.73 Å². The maximum Gasteiger partial charge on any atom is 0.322 e. The Hall–Kier alpha value is -1.12. The lowest BCUT2D eigenvalue weighted by molar-refractivity contribution is -0.385. The molecule has 6 nitrogen and oxygen atoms in total. The van der Waals surface area contributed by atoms with Crippen molar-refractivity contribution in [2.45, 2.75) is 25.1 Å². The summed E-state index contributed by atoms with van der Waals surface area (Å²) >= 11 is 4.72. The van der Waals surface area contributed by atoms with Crippen LogP contribution in [0, 0.1) is 10.1 Å². The molecule has 0 aliphatic rings. The molecule has 0 fully saturated rings. The van der Waals surface area contributed by atoms with Crippen LogP contribution in [0.15, 0.2) is 22.7 Å². The van der Waals surface area contributed by atoms with Gasteiger partial charge in [-0.2, -0.15) is 11.8 Å². The molecule has 1 unspecified atom stereocenters. The Morgan fingerprint density at radius 2 is 2.29 bits per heavy atom. The average Bonchev–Trinajstić information content (AvgIpc) is 2.44. The number of nitrogens with two attached hydrogens (primary N) is 1. The highest BCUT2D eigenvalue weighted by molar-refractivity contribution is 9.10. The van der Waals surface area contributed by atoms with Gasteiger partial charge in [-0.1, -0.05) is 22.0 Å². The van der Waals surface area contributed by atoms with Gasteiger partial charge in [-0.3, -0.25) is 14.9 Å². The topological polar surface area (TPSA) is 95.5 Å². The molecule has 0 aromatic heterocycles. The molecule has 0 aliphatic heterocycles. The molecule has 1 aromatic carbocycles. The van der Waals surface area contributed by atoms with Gasteiger partial charge >= 0.3 is 5.97 Å². The maximum atomic E-state index is 11.3. The maximum absolute atomic E-state index is 11.3. The van der Waals surface area contributed by atoms with Gasteiger partial charge in [0.05, 0.1) is 11.5 Å². The quantitative estimate of drug-likeness (QED) is 0.324. The van der Waals surface area contributed by atoms with Gasteiger partial charge in [0.2, 0.25) is 0 Å². The minimum Gasteiger partial charge on any atom is -0.465 e. The molecule has 0 heterocycles. The average molecular weight is 377 g/mol. The van der Waals surface area contributed by atoms with E-state index in [-0.39, 0.29) is 5.69 Å². The molecule has 1 aromatic rings. The number of nitro benzene ring substituents is 1. The summed E-state index contributed by atoms with van der Waals surface area (Å²) in [6, 6.07) is 4.34. The third-order valence-corrected chi connectivity index (χ3v) is 4.20. The number of halogens is 1. The van der Waals surface area contributed by atoms with Crippen molar-refractivity contribution in [3.63, 3.8) is 0 Å². The summed E-state index contributed by atoms with van der Waals surface area (Å²) < 4.78 is 5.49. The fourth-order valence-electron chi connectivity index (χ4n) is 1.59. The van der Waals surface area contributed by atoms with Gasteiger partial charge < -0.3 is 10.5 Å². The molecule has 0 saturated heterocycles. The van der Waals surface area contributed by atoms with Gasteiger partial charge in [0.25, 0.3) is 5.69 Å². The van der Waals surface area contributed by atoms with E-state index in [4.69, 9.17) is 10.5 Å². The minimum absolute atomic E-state index is 0.0894. The molecule has 0 spiro atoms. The van der Waals surface area contributed by atoms with Crippen LogP contribution in [0.5, 0.6) is 0 Å². The Kier molecular flexibility index (Phi) is 7.69. The predicted octanol–water partition coefficient (Wildman–Crippen LogP) is 2.87. The van der Waals surface area contributed by atoms with E-state index in [9.17, 15) is 14.9 Å². The van der Waals surface area contributed by atoms with E-state index in [1.54, 1.807) is 19.1 Å². The fraction of sp³-hybridized carbons (Fsp3) is 0.462. The van der Waals surface area contributed by atoms with Crippen molar-refractivity contribution >= 4 is 39.3 Å². The SMILES string of the molecule is CCOC(=O)C(N)CCSCc1ccc(Br)cc1[N+](=O)[O-]. The van der Waals surface area contributed by atoms with E-state index < -0.39 is 16.9 Å². The molecule has 1 atom stereocenters. The van der Waals surface area contributed by atoms with Crippen molar-refractivity contribution in [1.29, 1.82) is 0 Å². The Morgan fingerprint density at radius 3 is 2.90 bits per heavy atom. The van der Waals surface area contributed by atoms with Crippen molar-refractivity contribution in [3.05, 3.63) is 38.3 Å². The molecule has 2 N–H and O–H groups in total. The second kappa shape index (κ2) is 9.01. The lowest BCUT2D eigenvalue weighted by Crippen LogP contribution is -2.32. The summed E-state index contributed by atoms with van der Waals surface area (Å²) in [5.74, 6) is 0.722. The lowest BCUT2D eigenvalue weighted by Gasteiger charge is -2.10. The van der Waals surface area contributed by atoms with Crippen LogP contribution in [-0.2, 0) is 15.3 Å². The van der Waals surface area contributed by atoms with Crippen LogP contribution in [0.2, 0.25) is 0 Å².